The number of hydrogen-bond acceptors (Lipinski definition) is 3. The van der Waals surface area contributed by atoms with Crippen LogP contribution in [0.1, 0.15) is 26.7 Å². The molecule has 16 heavy (non-hydrogen) atoms. The van der Waals surface area contributed by atoms with Gasteiger partial charge in [-0.2, -0.15) is 0 Å². The molecule has 1 unspecified atom stereocenters. The van der Waals surface area contributed by atoms with Gasteiger partial charge in [0, 0.05) is 26.3 Å². The van der Waals surface area contributed by atoms with Crippen molar-refractivity contribution >= 4 is 5.91 Å². The van der Waals surface area contributed by atoms with Gasteiger partial charge in [0.05, 0.1) is 5.92 Å². The lowest BCUT2D eigenvalue weighted by molar-refractivity contribution is -0.124. The number of carbonyl (C=O) groups is 1. The molecular weight excluding hydrogens is 204 g/mol. The molecule has 1 rings (SSSR count). The van der Waals surface area contributed by atoms with Crippen LogP contribution in [0.25, 0.3) is 0 Å². The van der Waals surface area contributed by atoms with Gasteiger partial charge in [0.1, 0.15) is 0 Å². The SMILES string of the molecule is CC(C)COCCCNC(=O)C1CCNC1. The predicted molar refractivity (Wildman–Crippen MR) is 64.3 cm³/mol. The van der Waals surface area contributed by atoms with Crippen LogP contribution in [0.5, 0.6) is 0 Å². The number of hydrogen-bond donors (Lipinski definition) is 2. The first-order chi connectivity index (χ1) is 7.70. The Morgan fingerprint density at radius 3 is 3.00 bits per heavy atom. The zero-order valence-corrected chi connectivity index (χ0v) is 10.4. The van der Waals surface area contributed by atoms with Crippen LogP contribution in [-0.2, 0) is 9.53 Å². The fourth-order valence-electron chi connectivity index (χ4n) is 1.73. The molecule has 0 spiro atoms. The van der Waals surface area contributed by atoms with Crippen LogP contribution in [-0.4, -0.2) is 38.8 Å². The van der Waals surface area contributed by atoms with E-state index in [0.29, 0.717) is 5.92 Å². The van der Waals surface area contributed by atoms with Crippen LogP contribution in [0, 0.1) is 11.8 Å². The van der Waals surface area contributed by atoms with Gasteiger partial charge in [-0.25, -0.2) is 0 Å². The largest absolute Gasteiger partial charge is 0.381 e. The molecule has 0 aromatic rings. The van der Waals surface area contributed by atoms with Gasteiger partial charge in [-0.15, -0.1) is 0 Å². The van der Waals surface area contributed by atoms with Gasteiger partial charge in [-0.1, -0.05) is 13.8 Å². The van der Waals surface area contributed by atoms with Crippen LogP contribution in [0.2, 0.25) is 0 Å². The minimum Gasteiger partial charge on any atom is -0.381 e. The summed E-state index contributed by atoms with van der Waals surface area (Å²) >= 11 is 0. The highest BCUT2D eigenvalue weighted by atomic mass is 16.5. The molecule has 1 heterocycles. The summed E-state index contributed by atoms with van der Waals surface area (Å²) in [6.45, 7) is 8.34. The van der Waals surface area contributed by atoms with Gasteiger partial charge < -0.3 is 15.4 Å². The normalized spacial score (nSPS) is 20.3. The lowest BCUT2D eigenvalue weighted by Gasteiger charge is -2.10. The molecule has 1 aliphatic rings. The van der Waals surface area contributed by atoms with Crippen LogP contribution in [0.15, 0.2) is 0 Å². The van der Waals surface area contributed by atoms with Crippen molar-refractivity contribution in [2.75, 3.05) is 32.8 Å². The second-order valence-electron chi connectivity index (χ2n) is 4.80. The molecule has 1 amide bonds. The third-order valence-corrected chi connectivity index (χ3v) is 2.65. The minimum atomic E-state index is 0.177. The average molecular weight is 228 g/mol. The Kier molecular flexibility index (Phi) is 6.42. The Hall–Kier alpha value is -0.610. The fourth-order valence-corrected chi connectivity index (χ4v) is 1.73. The Labute approximate surface area is 98.1 Å². The molecule has 1 atom stereocenters. The van der Waals surface area contributed by atoms with Crippen LogP contribution >= 0.6 is 0 Å². The summed E-state index contributed by atoms with van der Waals surface area (Å²) in [6.07, 6.45) is 1.87. The van der Waals surface area contributed by atoms with Gasteiger partial charge in [-0.3, -0.25) is 4.79 Å². The van der Waals surface area contributed by atoms with Crippen molar-refractivity contribution in [3.63, 3.8) is 0 Å². The molecule has 4 nitrogen and oxygen atoms in total. The van der Waals surface area contributed by atoms with Gasteiger partial charge >= 0.3 is 0 Å². The van der Waals surface area contributed by atoms with Crippen molar-refractivity contribution in [3.05, 3.63) is 0 Å². The van der Waals surface area contributed by atoms with Crippen molar-refractivity contribution < 1.29 is 9.53 Å². The highest BCUT2D eigenvalue weighted by Gasteiger charge is 2.21. The van der Waals surface area contributed by atoms with Gasteiger partial charge in [0.25, 0.3) is 0 Å². The first-order valence-corrected chi connectivity index (χ1v) is 6.26. The van der Waals surface area contributed by atoms with E-state index in [1.165, 1.54) is 0 Å². The molecule has 0 aromatic carbocycles. The highest BCUT2D eigenvalue weighted by molar-refractivity contribution is 5.79. The van der Waals surface area contributed by atoms with Crippen LogP contribution < -0.4 is 10.6 Å². The zero-order valence-electron chi connectivity index (χ0n) is 10.4. The van der Waals surface area contributed by atoms with Crippen molar-refractivity contribution in [1.29, 1.82) is 0 Å². The van der Waals surface area contributed by atoms with Gasteiger partial charge in [0.2, 0.25) is 5.91 Å². The third kappa shape index (κ3) is 5.47. The summed E-state index contributed by atoms with van der Waals surface area (Å²) in [5, 5.41) is 6.14. The van der Waals surface area contributed by atoms with Gasteiger partial charge in [0.15, 0.2) is 0 Å². The summed E-state index contributed by atoms with van der Waals surface area (Å²) in [7, 11) is 0. The van der Waals surface area contributed by atoms with E-state index in [1.807, 2.05) is 0 Å². The summed E-state index contributed by atoms with van der Waals surface area (Å²) in [6, 6.07) is 0. The molecular formula is C12H24N2O2. The number of amides is 1. The second kappa shape index (κ2) is 7.63. The maximum atomic E-state index is 11.6. The van der Waals surface area contributed by atoms with E-state index >= 15 is 0 Å². The molecule has 1 fully saturated rings. The summed E-state index contributed by atoms with van der Waals surface area (Å²) in [5.41, 5.74) is 0. The van der Waals surface area contributed by atoms with E-state index in [4.69, 9.17) is 4.74 Å². The first-order valence-electron chi connectivity index (χ1n) is 6.26. The number of carbonyl (C=O) groups excluding carboxylic acids is 1. The lowest BCUT2D eigenvalue weighted by Crippen LogP contribution is -2.33. The fraction of sp³-hybridized carbons (Fsp3) is 0.917. The molecule has 1 saturated heterocycles. The molecule has 0 saturated carbocycles. The molecule has 0 bridgehead atoms. The summed E-state index contributed by atoms with van der Waals surface area (Å²) in [5.74, 6) is 0.949. The Morgan fingerprint density at radius 2 is 2.38 bits per heavy atom. The molecule has 94 valence electrons. The number of ether oxygens (including phenoxy) is 1. The molecule has 0 radical (unpaired) electrons. The lowest BCUT2D eigenvalue weighted by atomic mass is 10.1. The summed E-state index contributed by atoms with van der Waals surface area (Å²) < 4.78 is 5.44. The third-order valence-electron chi connectivity index (χ3n) is 2.65. The van der Waals surface area contributed by atoms with E-state index in [9.17, 15) is 4.79 Å². The van der Waals surface area contributed by atoms with Crippen molar-refractivity contribution in [2.24, 2.45) is 11.8 Å². The Bertz CT molecular complexity index is 201. The van der Waals surface area contributed by atoms with E-state index in [1.54, 1.807) is 0 Å². The van der Waals surface area contributed by atoms with E-state index in [-0.39, 0.29) is 11.8 Å². The zero-order chi connectivity index (χ0) is 11.8. The van der Waals surface area contributed by atoms with Crippen molar-refractivity contribution in [1.82, 2.24) is 10.6 Å². The monoisotopic (exact) mass is 228 g/mol. The van der Waals surface area contributed by atoms with Crippen molar-refractivity contribution in [3.8, 4) is 0 Å². The first kappa shape index (κ1) is 13.5. The minimum absolute atomic E-state index is 0.177. The highest BCUT2D eigenvalue weighted by Crippen LogP contribution is 2.06. The van der Waals surface area contributed by atoms with Gasteiger partial charge in [-0.05, 0) is 25.3 Å². The maximum Gasteiger partial charge on any atom is 0.224 e. The maximum absolute atomic E-state index is 11.6. The molecule has 2 N–H and O–H groups in total. The smallest absolute Gasteiger partial charge is 0.224 e. The van der Waals surface area contributed by atoms with Crippen LogP contribution in [0.4, 0.5) is 0 Å². The predicted octanol–water partition coefficient (Wildman–Crippen LogP) is 0.775. The topological polar surface area (TPSA) is 50.4 Å². The number of nitrogens with one attached hydrogen (secondary N) is 2. The van der Waals surface area contributed by atoms with Crippen LogP contribution in [0.3, 0.4) is 0 Å². The van der Waals surface area contributed by atoms with Crippen molar-refractivity contribution in [2.45, 2.75) is 26.7 Å². The summed E-state index contributed by atoms with van der Waals surface area (Å²) in [4.78, 5) is 11.6. The average Bonchev–Trinajstić information content (AvgIpc) is 2.75. The molecule has 4 heteroatoms. The van der Waals surface area contributed by atoms with E-state index in [0.717, 1.165) is 45.7 Å². The van der Waals surface area contributed by atoms with E-state index < -0.39 is 0 Å². The standard InChI is InChI=1S/C12H24N2O2/c1-10(2)9-16-7-3-5-14-12(15)11-4-6-13-8-11/h10-11,13H,3-9H2,1-2H3,(H,14,15). The molecule has 0 aliphatic carbocycles. The number of rotatable bonds is 7. The Morgan fingerprint density at radius 1 is 1.56 bits per heavy atom. The second-order valence-corrected chi connectivity index (χ2v) is 4.80. The Balaban J connectivity index is 1.92. The van der Waals surface area contributed by atoms with E-state index in [2.05, 4.69) is 24.5 Å². The quantitative estimate of drug-likeness (QED) is 0.633. The molecule has 0 aromatic heterocycles. The molecule has 1 aliphatic heterocycles.